The Bertz CT molecular complexity index is 638. The number of hydrogen-bond acceptors (Lipinski definition) is 2. The van der Waals surface area contributed by atoms with Crippen LogP contribution in [0.25, 0.3) is 0 Å². The number of nitrogens with two attached hydrogens (primary N) is 1. The zero-order chi connectivity index (χ0) is 15.4. The van der Waals surface area contributed by atoms with Crippen molar-refractivity contribution in [3.8, 4) is 0 Å². The zero-order valence-electron chi connectivity index (χ0n) is 12.2. The molecule has 0 aliphatic heterocycles. The van der Waals surface area contributed by atoms with Crippen molar-refractivity contribution in [1.29, 1.82) is 0 Å². The third kappa shape index (κ3) is 4.33. The van der Waals surface area contributed by atoms with E-state index in [9.17, 15) is 4.79 Å². The standard InChI is InChI=1S/C17H19BrN2O/c1-11-3-8-15(10-16(11)18)20-17(21)9-12(2)13-4-6-14(19)7-5-13/h3-8,10,12H,9,19H2,1-2H3,(H,20,21). The lowest BCUT2D eigenvalue weighted by Crippen LogP contribution is -2.14. The molecule has 1 unspecified atom stereocenters. The predicted octanol–water partition coefficient (Wildman–Crippen LogP) is 4.47. The number of carbonyl (C=O) groups excluding carboxylic acids is 1. The normalized spacial score (nSPS) is 12.0. The fourth-order valence-corrected chi connectivity index (χ4v) is 2.48. The molecule has 2 aromatic carbocycles. The Morgan fingerprint density at radius 2 is 1.90 bits per heavy atom. The lowest BCUT2D eigenvalue weighted by molar-refractivity contribution is -0.116. The summed E-state index contributed by atoms with van der Waals surface area (Å²) in [6, 6.07) is 13.5. The molecule has 0 spiro atoms. The first-order valence-electron chi connectivity index (χ1n) is 6.87. The molecule has 110 valence electrons. The van der Waals surface area contributed by atoms with Gasteiger partial charge in [0.05, 0.1) is 0 Å². The summed E-state index contributed by atoms with van der Waals surface area (Å²) >= 11 is 3.47. The molecule has 1 atom stereocenters. The van der Waals surface area contributed by atoms with E-state index >= 15 is 0 Å². The van der Waals surface area contributed by atoms with Crippen LogP contribution < -0.4 is 11.1 Å². The van der Waals surface area contributed by atoms with Crippen molar-refractivity contribution in [2.24, 2.45) is 0 Å². The highest BCUT2D eigenvalue weighted by Crippen LogP contribution is 2.23. The Morgan fingerprint density at radius 1 is 1.24 bits per heavy atom. The van der Waals surface area contributed by atoms with E-state index in [2.05, 4.69) is 21.2 Å². The molecular weight excluding hydrogens is 328 g/mol. The highest BCUT2D eigenvalue weighted by atomic mass is 79.9. The number of amides is 1. The van der Waals surface area contributed by atoms with Gasteiger partial charge in [0, 0.05) is 22.3 Å². The van der Waals surface area contributed by atoms with E-state index in [-0.39, 0.29) is 11.8 Å². The van der Waals surface area contributed by atoms with Crippen LogP contribution in [0.4, 0.5) is 11.4 Å². The molecule has 0 aliphatic carbocycles. The second kappa shape index (κ2) is 6.76. The maximum Gasteiger partial charge on any atom is 0.224 e. The van der Waals surface area contributed by atoms with Crippen LogP contribution >= 0.6 is 15.9 Å². The molecule has 0 aromatic heterocycles. The topological polar surface area (TPSA) is 55.1 Å². The summed E-state index contributed by atoms with van der Waals surface area (Å²) in [5.41, 5.74) is 9.47. The van der Waals surface area contributed by atoms with E-state index in [0.717, 1.165) is 27.0 Å². The van der Waals surface area contributed by atoms with Crippen molar-refractivity contribution < 1.29 is 4.79 Å². The van der Waals surface area contributed by atoms with Gasteiger partial charge in [-0.1, -0.05) is 41.1 Å². The van der Waals surface area contributed by atoms with Gasteiger partial charge in [0.1, 0.15) is 0 Å². The van der Waals surface area contributed by atoms with E-state index < -0.39 is 0 Å². The van der Waals surface area contributed by atoms with Crippen LogP contribution in [0.2, 0.25) is 0 Å². The molecule has 0 saturated carbocycles. The van der Waals surface area contributed by atoms with Crippen molar-refractivity contribution in [1.82, 2.24) is 0 Å². The van der Waals surface area contributed by atoms with Gasteiger partial charge in [0.25, 0.3) is 0 Å². The summed E-state index contributed by atoms with van der Waals surface area (Å²) in [5, 5.41) is 2.93. The van der Waals surface area contributed by atoms with Gasteiger partial charge in [-0.05, 0) is 48.2 Å². The van der Waals surface area contributed by atoms with Crippen LogP contribution in [-0.4, -0.2) is 5.91 Å². The first-order valence-corrected chi connectivity index (χ1v) is 7.66. The number of nitrogens with one attached hydrogen (secondary N) is 1. The average Bonchev–Trinajstić information content (AvgIpc) is 2.43. The molecule has 3 N–H and O–H groups in total. The van der Waals surface area contributed by atoms with Crippen LogP contribution in [0.5, 0.6) is 0 Å². The number of anilines is 2. The van der Waals surface area contributed by atoms with Gasteiger partial charge in [-0.2, -0.15) is 0 Å². The lowest BCUT2D eigenvalue weighted by atomic mass is 9.97. The first-order chi connectivity index (χ1) is 9.95. The second-order valence-electron chi connectivity index (χ2n) is 5.28. The fourth-order valence-electron chi connectivity index (χ4n) is 2.10. The van der Waals surface area contributed by atoms with E-state index in [1.807, 2.05) is 56.3 Å². The lowest BCUT2D eigenvalue weighted by Gasteiger charge is -2.13. The van der Waals surface area contributed by atoms with Crippen LogP contribution in [0.1, 0.15) is 30.4 Å². The van der Waals surface area contributed by atoms with Crippen molar-refractivity contribution in [3.05, 3.63) is 58.1 Å². The number of hydrogen-bond donors (Lipinski definition) is 2. The average molecular weight is 347 g/mol. The Hall–Kier alpha value is -1.81. The Labute approximate surface area is 133 Å². The molecule has 2 aromatic rings. The number of rotatable bonds is 4. The summed E-state index contributed by atoms with van der Waals surface area (Å²) in [7, 11) is 0. The van der Waals surface area contributed by atoms with Crippen molar-refractivity contribution in [3.63, 3.8) is 0 Å². The van der Waals surface area contributed by atoms with E-state index in [4.69, 9.17) is 5.73 Å². The predicted molar refractivity (Wildman–Crippen MR) is 91.4 cm³/mol. The molecule has 0 fully saturated rings. The van der Waals surface area contributed by atoms with Crippen LogP contribution in [0.3, 0.4) is 0 Å². The number of carbonyl (C=O) groups is 1. The fraction of sp³-hybridized carbons (Fsp3) is 0.235. The molecule has 1 amide bonds. The van der Waals surface area contributed by atoms with E-state index in [1.54, 1.807) is 0 Å². The summed E-state index contributed by atoms with van der Waals surface area (Å²) in [4.78, 5) is 12.1. The van der Waals surface area contributed by atoms with Gasteiger partial charge in [-0.25, -0.2) is 0 Å². The van der Waals surface area contributed by atoms with Crippen LogP contribution in [0.15, 0.2) is 46.9 Å². The molecule has 0 aliphatic rings. The van der Waals surface area contributed by atoms with Crippen molar-refractivity contribution in [2.45, 2.75) is 26.2 Å². The quantitative estimate of drug-likeness (QED) is 0.802. The highest BCUT2D eigenvalue weighted by Gasteiger charge is 2.11. The van der Waals surface area contributed by atoms with E-state index in [0.29, 0.717) is 6.42 Å². The number of benzene rings is 2. The van der Waals surface area contributed by atoms with Gasteiger partial charge in [-0.15, -0.1) is 0 Å². The smallest absolute Gasteiger partial charge is 0.224 e. The largest absolute Gasteiger partial charge is 0.399 e. The SMILES string of the molecule is Cc1ccc(NC(=O)CC(C)c2ccc(N)cc2)cc1Br. The molecule has 0 saturated heterocycles. The minimum absolute atomic E-state index is 0.00933. The zero-order valence-corrected chi connectivity index (χ0v) is 13.8. The molecule has 0 heterocycles. The van der Waals surface area contributed by atoms with Gasteiger partial charge in [-0.3, -0.25) is 4.79 Å². The Kier molecular flexibility index (Phi) is 5.02. The van der Waals surface area contributed by atoms with Gasteiger partial charge in [0.15, 0.2) is 0 Å². The minimum atomic E-state index is 0.00933. The maximum absolute atomic E-state index is 12.1. The molecule has 2 rings (SSSR count). The summed E-state index contributed by atoms with van der Waals surface area (Å²) in [6.07, 6.45) is 0.440. The Morgan fingerprint density at radius 3 is 2.52 bits per heavy atom. The van der Waals surface area contributed by atoms with Gasteiger partial charge < -0.3 is 11.1 Å². The molecule has 0 radical (unpaired) electrons. The van der Waals surface area contributed by atoms with Crippen molar-refractivity contribution >= 4 is 33.2 Å². The number of aryl methyl sites for hydroxylation is 1. The second-order valence-corrected chi connectivity index (χ2v) is 6.14. The van der Waals surface area contributed by atoms with Crippen LogP contribution in [-0.2, 0) is 4.79 Å². The summed E-state index contributed by atoms with van der Waals surface area (Å²) in [6.45, 7) is 4.05. The number of nitrogen functional groups attached to an aromatic ring is 1. The highest BCUT2D eigenvalue weighted by molar-refractivity contribution is 9.10. The molecule has 0 bridgehead atoms. The molecule has 4 heteroatoms. The molecule has 21 heavy (non-hydrogen) atoms. The third-order valence-electron chi connectivity index (χ3n) is 3.45. The Balaban J connectivity index is 1.97. The number of halogens is 1. The van der Waals surface area contributed by atoms with Gasteiger partial charge >= 0.3 is 0 Å². The van der Waals surface area contributed by atoms with Gasteiger partial charge in [0.2, 0.25) is 5.91 Å². The monoisotopic (exact) mass is 346 g/mol. The minimum Gasteiger partial charge on any atom is -0.399 e. The third-order valence-corrected chi connectivity index (χ3v) is 4.31. The maximum atomic E-state index is 12.1. The van der Waals surface area contributed by atoms with Crippen LogP contribution in [0, 0.1) is 6.92 Å². The molecule has 3 nitrogen and oxygen atoms in total. The summed E-state index contributed by atoms with van der Waals surface area (Å²) in [5.74, 6) is 0.162. The first kappa shape index (κ1) is 15.6. The summed E-state index contributed by atoms with van der Waals surface area (Å²) < 4.78 is 0.992. The van der Waals surface area contributed by atoms with E-state index in [1.165, 1.54) is 0 Å². The van der Waals surface area contributed by atoms with Crippen molar-refractivity contribution in [2.75, 3.05) is 11.1 Å². The molecular formula is C17H19BrN2O.